The zero-order valence-electron chi connectivity index (χ0n) is 11.7. The van der Waals surface area contributed by atoms with Gasteiger partial charge < -0.3 is 5.32 Å². The monoisotopic (exact) mass is 272 g/mol. The van der Waals surface area contributed by atoms with Crippen molar-refractivity contribution in [1.82, 2.24) is 10.2 Å². The van der Waals surface area contributed by atoms with Crippen LogP contribution in [0, 0.1) is 0 Å². The Kier molecular flexibility index (Phi) is 4.16. The van der Waals surface area contributed by atoms with Crippen molar-refractivity contribution < 1.29 is 4.39 Å². The Morgan fingerprint density at radius 3 is 2.55 bits per heavy atom. The lowest BCUT2D eigenvalue weighted by atomic mass is 10.0. The quantitative estimate of drug-likeness (QED) is 0.909. The molecule has 0 amide bonds. The van der Waals surface area contributed by atoms with Crippen LogP contribution < -0.4 is 5.32 Å². The standard InChI is InChI=1S/C17H21FN2/c18-17-7-10-20(11-8-17)13-14-3-5-15(6-4-14)16-2-1-9-19-12-16/h1-6,12,17,19H,7-11,13H2. The summed E-state index contributed by atoms with van der Waals surface area (Å²) in [5.41, 5.74) is 3.76. The first-order valence-electron chi connectivity index (χ1n) is 7.37. The second-order valence-electron chi connectivity index (χ2n) is 5.56. The molecule has 3 rings (SSSR count). The molecule has 1 aromatic rings. The number of alkyl halides is 1. The number of hydrogen-bond donors (Lipinski definition) is 1. The van der Waals surface area contributed by atoms with Crippen LogP contribution in [0.5, 0.6) is 0 Å². The molecule has 0 aliphatic carbocycles. The minimum atomic E-state index is -0.592. The number of benzene rings is 1. The van der Waals surface area contributed by atoms with Gasteiger partial charge in [0, 0.05) is 32.4 Å². The summed E-state index contributed by atoms with van der Waals surface area (Å²) >= 11 is 0. The molecule has 1 saturated heterocycles. The topological polar surface area (TPSA) is 15.3 Å². The molecule has 0 spiro atoms. The second-order valence-corrected chi connectivity index (χ2v) is 5.56. The number of likely N-dealkylation sites (tertiary alicyclic amines) is 1. The van der Waals surface area contributed by atoms with E-state index < -0.39 is 6.17 Å². The van der Waals surface area contributed by atoms with Crippen molar-refractivity contribution in [3.8, 4) is 0 Å². The normalized spacial score (nSPS) is 20.6. The van der Waals surface area contributed by atoms with Gasteiger partial charge >= 0.3 is 0 Å². The highest BCUT2D eigenvalue weighted by Crippen LogP contribution is 2.20. The number of halogens is 1. The Balaban J connectivity index is 1.61. The van der Waals surface area contributed by atoms with Gasteiger partial charge in [-0.25, -0.2) is 4.39 Å². The molecular formula is C17H21FN2. The molecule has 0 bridgehead atoms. The average Bonchev–Trinajstić information content (AvgIpc) is 2.51. The Morgan fingerprint density at radius 2 is 1.90 bits per heavy atom. The van der Waals surface area contributed by atoms with E-state index in [-0.39, 0.29) is 0 Å². The maximum atomic E-state index is 13.1. The van der Waals surface area contributed by atoms with E-state index in [0.717, 1.165) is 26.2 Å². The summed E-state index contributed by atoms with van der Waals surface area (Å²) in [5.74, 6) is 0. The second kappa shape index (κ2) is 6.23. The van der Waals surface area contributed by atoms with E-state index >= 15 is 0 Å². The van der Waals surface area contributed by atoms with Crippen molar-refractivity contribution in [3.63, 3.8) is 0 Å². The molecule has 3 heteroatoms. The van der Waals surface area contributed by atoms with Gasteiger partial charge in [0.15, 0.2) is 0 Å². The molecule has 0 aromatic heterocycles. The number of nitrogens with zero attached hydrogens (tertiary/aromatic N) is 1. The molecule has 0 atom stereocenters. The summed E-state index contributed by atoms with van der Waals surface area (Å²) in [5, 5.41) is 3.23. The van der Waals surface area contributed by atoms with E-state index in [0.29, 0.717) is 12.8 Å². The maximum Gasteiger partial charge on any atom is 0.103 e. The lowest BCUT2D eigenvalue weighted by molar-refractivity contribution is 0.145. The van der Waals surface area contributed by atoms with Gasteiger partial charge in [-0.15, -0.1) is 0 Å². The highest BCUT2D eigenvalue weighted by Gasteiger charge is 2.18. The molecule has 2 aliphatic heterocycles. The molecule has 2 aliphatic rings. The third-order valence-corrected chi connectivity index (χ3v) is 4.00. The molecule has 2 heterocycles. The van der Waals surface area contributed by atoms with Gasteiger partial charge in [-0.3, -0.25) is 4.90 Å². The minimum absolute atomic E-state index is 0.592. The SMILES string of the molecule is FC1CCN(Cc2ccc(C3=CNCC=C3)cc2)CC1. The molecule has 1 fully saturated rings. The van der Waals surface area contributed by atoms with Crippen molar-refractivity contribution >= 4 is 5.57 Å². The lowest BCUT2D eigenvalue weighted by Gasteiger charge is -2.28. The summed E-state index contributed by atoms with van der Waals surface area (Å²) in [6, 6.07) is 8.70. The van der Waals surface area contributed by atoms with Gasteiger partial charge in [0.25, 0.3) is 0 Å². The van der Waals surface area contributed by atoms with Gasteiger partial charge in [0.2, 0.25) is 0 Å². The van der Waals surface area contributed by atoms with E-state index in [1.807, 2.05) is 0 Å². The highest BCUT2D eigenvalue weighted by molar-refractivity contribution is 5.74. The van der Waals surface area contributed by atoms with E-state index in [1.54, 1.807) is 0 Å². The van der Waals surface area contributed by atoms with Gasteiger partial charge in [-0.1, -0.05) is 36.4 Å². The number of allylic oxidation sites excluding steroid dienone is 2. The first-order valence-corrected chi connectivity index (χ1v) is 7.37. The third kappa shape index (κ3) is 3.28. The van der Waals surface area contributed by atoms with Crippen LogP contribution in [0.4, 0.5) is 4.39 Å². The smallest absolute Gasteiger partial charge is 0.103 e. The molecule has 1 aromatic carbocycles. The number of rotatable bonds is 3. The van der Waals surface area contributed by atoms with Crippen LogP contribution in [0.25, 0.3) is 5.57 Å². The van der Waals surface area contributed by atoms with Gasteiger partial charge in [0.1, 0.15) is 6.17 Å². The Bertz CT molecular complexity index is 496. The number of dihydropyridines is 1. The number of nitrogens with one attached hydrogen (secondary N) is 1. The molecule has 2 nitrogen and oxygen atoms in total. The number of piperidine rings is 1. The first kappa shape index (κ1) is 13.4. The molecule has 20 heavy (non-hydrogen) atoms. The predicted molar refractivity (Wildman–Crippen MR) is 81.0 cm³/mol. The first-order chi connectivity index (χ1) is 9.81. The van der Waals surface area contributed by atoms with Crippen molar-refractivity contribution in [2.24, 2.45) is 0 Å². The molecule has 0 unspecified atom stereocenters. The van der Waals surface area contributed by atoms with Gasteiger partial charge in [-0.2, -0.15) is 0 Å². The molecule has 0 saturated carbocycles. The van der Waals surface area contributed by atoms with E-state index in [9.17, 15) is 4.39 Å². The Hall–Kier alpha value is -1.61. The Labute approximate surface area is 120 Å². The average molecular weight is 272 g/mol. The summed E-state index contributed by atoms with van der Waals surface area (Å²) in [7, 11) is 0. The van der Waals surface area contributed by atoms with E-state index in [4.69, 9.17) is 0 Å². The van der Waals surface area contributed by atoms with Crippen LogP contribution in [0.15, 0.2) is 42.6 Å². The zero-order chi connectivity index (χ0) is 13.8. The number of hydrogen-bond acceptors (Lipinski definition) is 2. The van der Waals surface area contributed by atoms with Crippen LogP contribution in [-0.4, -0.2) is 30.7 Å². The fourth-order valence-electron chi connectivity index (χ4n) is 2.77. The van der Waals surface area contributed by atoms with Crippen LogP contribution in [0.1, 0.15) is 24.0 Å². The minimum Gasteiger partial charge on any atom is -0.387 e. The molecule has 1 N–H and O–H groups in total. The van der Waals surface area contributed by atoms with Crippen LogP contribution in [-0.2, 0) is 6.54 Å². The molecular weight excluding hydrogens is 251 g/mol. The summed E-state index contributed by atoms with van der Waals surface area (Å²) in [6.07, 6.45) is 7.11. The van der Waals surface area contributed by atoms with Crippen molar-refractivity contribution in [2.75, 3.05) is 19.6 Å². The van der Waals surface area contributed by atoms with Crippen molar-refractivity contribution in [1.29, 1.82) is 0 Å². The summed E-state index contributed by atoms with van der Waals surface area (Å²) < 4.78 is 13.1. The van der Waals surface area contributed by atoms with Crippen molar-refractivity contribution in [2.45, 2.75) is 25.6 Å². The van der Waals surface area contributed by atoms with Crippen molar-refractivity contribution in [3.05, 3.63) is 53.7 Å². The predicted octanol–water partition coefficient (Wildman–Crippen LogP) is 3.12. The fraction of sp³-hybridized carbons (Fsp3) is 0.412. The van der Waals surface area contributed by atoms with Crippen LogP contribution >= 0.6 is 0 Å². The van der Waals surface area contributed by atoms with Gasteiger partial charge in [0.05, 0.1) is 0 Å². The summed E-state index contributed by atoms with van der Waals surface area (Å²) in [4.78, 5) is 2.34. The maximum absolute atomic E-state index is 13.1. The molecule has 0 radical (unpaired) electrons. The van der Waals surface area contributed by atoms with Crippen LogP contribution in [0.3, 0.4) is 0 Å². The van der Waals surface area contributed by atoms with E-state index in [2.05, 4.69) is 52.8 Å². The van der Waals surface area contributed by atoms with Gasteiger partial charge in [-0.05, 0) is 29.5 Å². The Morgan fingerprint density at radius 1 is 1.15 bits per heavy atom. The zero-order valence-corrected chi connectivity index (χ0v) is 11.7. The lowest BCUT2D eigenvalue weighted by Crippen LogP contribution is -2.33. The third-order valence-electron chi connectivity index (χ3n) is 4.00. The fourth-order valence-corrected chi connectivity index (χ4v) is 2.77. The molecule has 106 valence electrons. The van der Waals surface area contributed by atoms with Crippen LogP contribution in [0.2, 0.25) is 0 Å². The largest absolute Gasteiger partial charge is 0.387 e. The van der Waals surface area contributed by atoms with E-state index in [1.165, 1.54) is 16.7 Å². The highest BCUT2D eigenvalue weighted by atomic mass is 19.1. The summed E-state index contributed by atoms with van der Waals surface area (Å²) in [6.45, 7) is 3.59.